The molecule has 1 saturated heterocycles. The molecule has 4 rings (SSSR count). The molecule has 0 aliphatic carbocycles. The van der Waals surface area contributed by atoms with Crippen LogP contribution in [0.25, 0.3) is 5.76 Å². The molecular formula is C23H16ClFN2O3. The average molecular weight is 423 g/mol. The van der Waals surface area contributed by atoms with E-state index in [1.807, 2.05) is 0 Å². The summed E-state index contributed by atoms with van der Waals surface area (Å²) >= 11 is 6.02. The Morgan fingerprint density at radius 3 is 2.50 bits per heavy atom. The summed E-state index contributed by atoms with van der Waals surface area (Å²) in [5.74, 6) is -2.37. The summed E-state index contributed by atoms with van der Waals surface area (Å²) in [5.41, 5.74) is 1.31. The van der Waals surface area contributed by atoms with E-state index in [4.69, 9.17) is 11.6 Å². The summed E-state index contributed by atoms with van der Waals surface area (Å²) in [6.45, 7) is 0.0553. The summed E-state index contributed by atoms with van der Waals surface area (Å²) < 4.78 is 13.5. The highest BCUT2D eigenvalue weighted by atomic mass is 35.5. The van der Waals surface area contributed by atoms with Gasteiger partial charge in [-0.25, -0.2) is 4.39 Å². The van der Waals surface area contributed by atoms with Crippen molar-refractivity contribution in [3.05, 3.63) is 106 Å². The van der Waals surface area contributed by atoms with Crippen LogP contribution >= 0.6 is 11.6 Å². The Morgan fingerprint density at radius 1 is 1.07 bits per heavy atom. The topological polar surface area (TPSA) is 70.5 Å². The molecule has 1 unspecified atom stereocenters. The minimum Gasteiger partial charge on any atom is -0.507 e. The highest BCUT2D eigenvalue weighted by Crippen LogP contribution is 2.40. The number of hydrogen-bond acceptors (Lipinski definition) is 4. The monoisotopic (exact) mass is 422 g/mol. The second kappa shape index (κ2) is 8.08. The Morgan fingerprint density at radius 2 is 1.83 bits per heavy atom. The van der Waals surface area contributed by atoms with Crippen molar-refractivity contribution >= 4 is 29.1 Å². The smallest absolute Gasteiger partial charge is 0.296 e. The van der Waals surface area contributed by atoms with Crippen molar-refractivity contribution in [1.29, 1.82) is 0 Å². The molecule has 2 aromatic carbocycles. The molecule has 0 bridgehead atoms. The fraction of sp³-hybridized carbons (Fsp3) is 0.0870. The van der Waals surface area contributed by atoms with E-state index in [1.165, 1.54) is 35.2 Å². The van der Waals surface area contributed by atoms with E-state index >= 15 is 0 Å². The second-order valence-electron chi connectivity index (χ2n) is 6.81. The number of amides is 1. The molecule has 0 radical (unpaired) electrons. The first kappa shape index (κ1) is 19.8. The maximum Gasteiger partial charge on any atom is 0.296 e. The third kappa shape index (κ3) is 3.69. The van der Waals surface area contributed by atoms with E-state index in [0.29, 0.717) is 21.8 Å². The van der Waals surface area contributed by atoms with Gasteiger partial charge in [0, 0.05) is 16.8 Å². The predicted octanol–water partition coefficient (Wildman–Crippen LogP) is 4.50. The van der Waals surface area contributed by atoms with Gasteiger partial charge in [-0.3, -0.25) is 14.6 Å². The van der Waals surface area contributed by atoms with Crippen molar-refractivity contribution in [1.82, 2.24) is 9.88 Å². The third-order valence-corrected chi connectivity index (χ3v) is 5.12. The van der Waals surface area contributed by atoms with E-state index in [2.05, 4.69) is 4.98 Å². The first-order chi connectivity index (χ1) is 14.5. The van der Waals surface area contributed by atoms with E-state index in [9.17, 15) is 19.1 Å². The van der Waals surface area contributed by atoms with Crippen LogP contribution in [0.2, 0.25) is 5.02 Å². The van der Waals surface area contributed by atoms with Gasteiger partial charge in [0.15, 0.2) is 0 Å². The second-order valence-corrected chi connectivity index (χ2v) is 7.25. The highest BCUT2D eigenvalue weighted by molar-refractivity contribution is 6.46. The molecule has 30 heavy (non-hydrogen) atoms. The lowest BCUT2D eigenvalue weighted by molar-refractivity contribution is -0.140. The van der Waals surface area contributed by atoms with Crippen molar-refractivity contribution in [2.45, 2.75) is 12.6 Å². The van der Waals surface area contributed by atoms with Gasteiger partial charge < -0.3 is 10.0 Å². The third-order valence-electron chi connectivity index (χ3n) is 4.88. The lowest BCUT2D eigenvalue weighted by Gasteiger charge is -2.25. The molecule has 150 valence electrons. The number of nitrogens with zero attached hydrogens (tertiary/aromatic N) is 2. The molecule has 0 saturated carbocycles. The summed E-state index contributed by atoms with van der Waals surface area (Å²) in [6, 6.07) is 16.2. The van der Waals surface area contributed by atoms with Gasteiger partial charge >= 0.3 is 0 Å². The summed E-state index contributed by atoms with van der Waals surface area (Å²) in [6.07, 6.45) is 1.59. The quantitative estimate of drug-likeness (QED) is 0.382. The van der Waals surface area contributed by atoms with E-state index in [1.54, 1.807) is 42.6 Å². The van der Waals surface area contributed by atoms with Gasteiger partial charge in [0.1, 0.15) is 11.6 Å². The van der Waals surface area contributed by atoms with Crippen molar-refractivity contribution in [2.24, 2.45) is 0 Å². The molecule has 1 fully saturated rings. The van der Waals surface area contributed by atoms with Crippen LogP contribution in [-0.2, 0) is 16.1 Å². The summed E-state index contributed by atoms with van der Waals surface area (Å²) in [5, 5.41) is 11.3. The number of ketones is 1. The Balaban J connectivity index is 1.87. The molecule has 3 aromatic rings. The number of carbonyl (C=O) groups is 2. The zero-order valence-electron chi connectivity index (χ0n) is 15.6. The zero-order chi connectivity index (χ0) is 21.3. The number of aromatic nitrogens is 1. The lowest BCUT2D eigenvalue weighted by Crippen LogP contribution is -2.29. The van der Waals surface area contributed by atoms with E-state index < -0.39 is 23.5 Å². The minimum atomic E-state index is -0.897. The number of benzene rings is 2. The molecule has 1 amide bonds. The largest absolute Gasteiger partial charge is 0.507 e. The summed E-state index contributed by atoms with van der Waals surface area (Å²) in [4.78, 5) is 31.3. The van der Waals surface area contributed by atoms with Crippen LogP contribution in [0.15, 0.2) is 78.5 Å². The van der Waals surface area contributed by atoms with Gasteiger partial charge in [-0.05, 0) is 42.0 Å². The molecule has 1 atom stereocenters. The molecule has 2 heterocycles. The predicted molar refractivity (Wildman–Crippen MR) is 110 cm³/mol. The molecule has 7 heteroatoms. The summed E-state index contributed by atoms with van der Waals surface area (Å²) in [7, 11) is 0. The van der Waals surface area contributed by atoms with Crippen LogP contribution in [0.5, 0.6) is 0 Å². The van der Waals surface area contributed by atoms with Crippen LogP contribution < -0.4 is 0 Å². The number of likely N-dealkylation sites (tertiary alicyclic amines) is 1. The fourth-order valence-corrected chi connectivity index (χ4v) is 3.68. The molecule has 1 aliphatic rings. The zero-order valence-corrected chi connectivity index (χ0v) is 16.4. The van der Waals surface area contributed by atoms with Gasteiger partial charge in [0.05, 0.1) is 23.9 Å². The molecular weight excluding hydrogens is 407 g/mol. The maximum atomic E-state index is 13.5. The lowest BCUT2D eigenvalue weighted by atomic mass is 9.95. The van der Waals surface area contributed by atoms with Crippen LogP contribution in [0.3, 0.4) is 0 Å². The number of pyridine rings is 1. The molecule has 1 N–H and O–H groups in total. The first-order valence-electron chi connectivity index (χ1n) is 9.15. The van der Waals surface area contributed by atoms with Crippen LogP contribution in [-0.4, -0.2) is 26.7 Å². The van der Waals surface area contributed by atoms with Gasteiger partial charge in [0.25, 0.3) is 11.7 Å². The fourth-order valence-electron chi connectivity index (χ4n) is 3.49. The highest BCUT2D eigenvalue weighted by Gasteiger charge is 2.46. The Hall–Kier alpha value is -3.51. The first-order valence-corrected chi connectivity index (χ1v) is 9.53. The van der Waals surface area contributed by atoms with Gasteiger partial charge in [-0.1, -0.05) is 41.9 Å². The normalized spacial score (nSPS) is 18.1. The number of hydrogen-bond donors (Lipinski definition) is 1. The molecule has 0 spiro atoms. The SMILES string of the molecule is O=C1C(=O)N(Cc2ccccn2)C(c2ccc(F)cc2)/C1=C(/O)c1cccc(Cl)c1. The Kier molecular flexibility index (Phi) is 5.33. The average Bonchev–Trinajstić information content (AvgIpc) is 2.99. The van der Waals surface area contributed by atoms with Gasteiger partial charge in [0.2, 0.25) is 0 Å². The number of aliphatic hydroxyl groups is 1. The van der Waals surface area contributed by atoms with Crippen molar-refractivity contribution in [3.8, 4) is 0 Å². The van der Waals surface area contributed by atoms with Crippen LogP contribution in [0.1, 0.15) is 22.9 Å². The van der Waals surface area contributed by atoms with E-state index in [0.717, 1.165) is 0 Å². The van der Waals surface area contributed by atoms with E-state index in [-0.39, 0.29) is 17.9 Å². The number of carbonyl (C=O) groups excluding carboxylic acids is 2. The minimum absolute atomic E-state index is 0.0553. The van der Waals surface area contributed by atoms with Gasteiger partial charge in [-0.2, -0.15) is 0 Å². The maximum absolute atomic E-state index is 13.5. The van der Waals surface area contributed by atoms with Crippen molar-refractivity contribution in [3.63, 3.8) is 0 Å². The van der Waals surface area contributed by atoms with Crippen molar-refractivity contribution in [2.75, 3.05) is 0 Å². The number of aliphatic hydroxyl groups excluding tert-OH is 1. The van der Waals surface area contributed by atoms with Crippen molar-refractivity contribution < 1.29 is 19.1 Å². The van der Waals surface area contributed by atoms with Crippen LogP contribution in [0.4, 0.5) is 4.39 Å². The van der Waals surface area contributed by atoms with Gasteiger partial charge in [-0.15, -0.1) is 0 Å². The molecule has 1 aromatic heterocycles. The van der Waals surface area contributed by atoms with Crippen LogP contribution in [0, 0.1) is 5.82 Å². The number of Topliss-reactive ketones (excluding diaryl/α,β-unsaturated/α-hetero) is 1. The molecule has 1 aliphatic heterocycles. The molecule has 5 nitrogen and oxygen atoms in total. The Bertz CT molecular complexity index is 1150. The number of halogens is 2. The standard InChI is InChI=1S/C23H16ClFN2O3/c24-16-5-3-4-15(12-16)21(28)19-20(14-7-9-17(25)10-8-14)27(23(30)22(19)29)13-18-6-1-2-11-26-18/h1-12,20,28H,13H2/b21-19-. The Labute approximate surface area is 177 Å². The number of rotatable bonds is 4.